The first-order valence-electron chi connectivity index (χ1n) is 9.81. The Bertz CT molecular complexity index is 1320. The first kappa shape index (κ1) is 22.5. The maximum absolute atomic E-state index is 14.0. The predicted molar refractivity (Wildman–Crippen MR) is 119 cm³/mol. The highest BCUT2D eigenvalue weighted by molar-refractivity contribution is 7.51. The molecule has 0 saturated carbocycles. The molecule has 2 aromatic heterocycles. The van der Waals surface area contributed by atoms with Crippen LogP contribution >= 0.6 is 19.1 Å². The van der Waals surface area contributed by atoms with E-state index in [9.17, 15) is 23.7 Å². The molecule has 0 aliphatic carbocycles. The molecule has 0 aliphatic rings. The highest BCUT2D eigenvalue weighted by Crippen LogP contribution is 2.48. The molecule has 2 N–H and O–H groups in total. The van der Waals surface area contributed by atoms with Crippen molar-refractivity contribution in [3.63, 3.8) is 0 Å². The number of rotatable bonds is 8. The number of nitrogens with zero attached hydrogens (tertiary/aromatic N) is 2. The van der Waals surface area contributed by atoms with Crippen molar-refractivity contribution in [3.8, 4) is 0 Å². The van der Waals surface area contributed by atoms with E-state index in [-0.39, 0.29) is 28.1 Å². The van der Waals surface area contributed by atoms with Gasteiger partial charge in [-0.1, -0.05) is 37.3 Å². The van der Waals surface area contributed by atoms with Gasteiger partial charge in [0.15, 0.2) is 5.01 Å². The zero-order chi connectivity index (χ0) is 22.9. The van der Waals surface area contributed by atoms with E-state index in [4.69, 9.17) is 4.52 Å². The summed E-state index contributed by atoms with van der Waals surface area (Å²) < 4.78 is 33.3. The Labute approximate surface area is 187 Å². The van der Waals surface area contributed by atoms with E-state index in [1.807, 2.05) is 6.07 Å². The summed E-state index contributed by atoms with van der Waals surface area (Å²) in [6.45, 7) is 1.67. The number of ketones is 1. The molecule has 166 valence electrons. The van der Waals surface area contributed by atoms with Crippen LogP contribution in [-0.2, 0) is 15.7 Å². The fourth-order valence-electron chi connectivity index (χ4n) is 3.24. The average Bonchev–Trinajstić information content (AvgIpc) is 3.43. The largest absolute Gasteiger partial charge is 0.437 e. The lowest BCUT2D eigenvalue weighted by Crippen LogP contribution is -2.03. The number of halogens is 1. The van der Waals surface area contributed by atoms with E-state index in [2.05, 4.69) is 4.98 Å². The van der Waals surface area contributed by atoms with Crippen LogP contribution in [0, 0.1) is 5.82 Å². The number of hydrogen-bond acceptors (Lipinski definition) is 6. The Balaban J connectivity index is 1.73. The molecule has 0 fully saturated rings. The lowest BCUT2D eigenvalue weighted by molar-refractivity contribution is 0.103. The van der Waals surface area contributed by atoms with Gasteiger partial charge in [0.2, 0.25) is 5.78 Å². The maximum atomic E-state index is 14.0. The summed E-state index contributed by atoms with van der Waals surface area (Å²) >= 11 is 1.05. The lowest BCUT2D eigenvalue weighted by Gasteiger charge is -2.14. The van der Waals surface area contributed by atoms with Gasteiger partial charge in [-0.15, -0.1) is 11.3 Å². The Kier molecular flexibility index (Phi) is 6.37. The summed E-state index contributed by atoms with van der Waals surface area (Å²) in [4.78, 5) is 28.0. The molecule has 0 saturated heterocycles. The van der Waals surface area contributed by atoms with Crippen molar-refractivity contribution in [2.24, 2.45) is 0 Å². The summed E-state index contributed by atoms with van der Waals surface area (Å²) in [7, 11) is -4.41. The molecule has 4 rings (SSSR count). The van der Waals surface area contributed by atoms with Gasteiger partial charge in [0.1, 0.15) is 5.82 Å². The molecule has 2 heterocycles. The number of benzene rings is 2. The van der Waals surface area contributed by atoms with E-state index in [0.717, 1.165) is 27.8 Å². The molecular formula is C22H20FN2O5PS. The molecule has 1 unspecified atom stereocenters. The monoisotopic (exact) mass is 474 g/mol. The van der Waals surface area contributed by atoms with Crippen LogP contribution in [0.1, 0.15) is 46.1 Å². The molecule has 0 spiro atoms. The molecule has 32 heavy (non-hydrogen) atoms. The maximum Gasteiger partial charge on any atom is 0.437 e. The fourth-order valence-corrected chi connectivity index (χ4v) is 5.21. The lowest BCUT2D eigenvalue weighted by atomic mass is 10.1. The number of carbonyl (C=O) groups excluding carboxylic acids is 1. The summed E-state index contributed by atoms with van der Waals surface area (Å²) in [6.07, 6.45) is 0.833. The SMILES string of the molecule is CC[C@@H](O)c1csc(C(=O)c2cn(P(=O)(O)OCc3ccccc3)c3ccc(F)cc23)n1. The van der Waals surface area contributed by atoms with Gasteiger partial charge < -0.3 is 10.00 Å². The highest BCUT2D eigenvalue weighted by atomic mass is 32.1. The van der Waals surface area contributed by atoms with Crippen molar-refractivity contribution in [1.82, 2.24) is 9.32 Å². The zero-order valence-electron chi connectivity index (χ0n) is 17.0. The molecule has 2 atom stereocenters. The number of aliphatic hydroxyl groups is 1. The van der Waals surface area contributed by atoms with Crippen LogP contribution in [0.2, 0.25) is 0 Å². The molecule has 7 nitrogen and oxygen atoms in total. The second-order valence-corrected chi connectivity index (χ2v) is 9.66. The van der Waals surface area contributed by atoms with Gasteiger partial charge in [0.25, 0.3) is 0 Å². The van der Waals surface area contributed by atoms with Crippen LogP contribution < -0.4 is 0 Å². The van der Waals surface area contributed by atoms with Gasteiger partial charge in [-0.05, 0) is 30.2 Å². The number of carbonyl (C=O) groups is 1. The topological polar surface area (TPSA) is 102 Å². The summed E-state index contributed by atoms with van der Waals surface area (Å²) in [5.41, 5.74) is 1.27. The minimum atomic E-state index is -4.41. The van der Waals surface area contributed by atoms with Crippen LogP contribution in [0.25, 0.3) is 10.9 Å². The normalized spacial score (nSPS) is 14.4. The molecule has 0 aliphatic heterocycles. The summed E-state index contributed by atoms with van der Waals surface area (Å²) in [6, 6.07) is 12.5. The van der Waals surface area contributed by atoms with Gasteiger partial charge in [-0.2, -0.15) is 0 Å². The molecule has 2 aromatic carbocycles. The number of thiazole rings is 1. The molecular weight excluding hydrogens is 454 g/mol. The second kappa shape index (κ2) is 9.05. The van der Waals surface area contributed by atoms with Gasteiger partial charge in [0.05, 0.1) is 29.5 Å². The number of aromatic nitrogens is 2. The van der Waals surface area contributed by atoms with Crippen LogP contribution in [-0.4, -0.2) is 25.1 Å². The van der Waals surface area contributed by atoms with E-state index < -0.39 is 25.5 Å². The minimum absolute atomic E-state index is 0.0176. The van der Waals surface area contributed by atoms with Crippen molar-refractivity contribution in [2.75, 3.05) is 0 Å². The molecule has 4 aromatic rings. The van der Waals surface area contributed by atoms with Crippen molar-refractivity contribution < 1.29 is 28.3 Å². The third-order valence-electron chi connectivity index (χ3n) is 4.95. The third kappa shape index (κ3) is 4.44. The summed E-state index contributed by atoms with van der Waals surface area (Å²) in [5.74, 6) is -1.13. The number of fused-ring (bicyclic) bond motifs is 1. The summed E-state index contributed by atoms with van der Waals surface area (Å²) in [5, 5.41) is 11.8. The Morgan fingerprint density at radius 1 is 1.28 bits per heavy atom. The molecule has 0 bridgehead atoms. The smallest absolute Gasteiger partial charge is 0.387 e. The third-order valence-corrected chi connectivity index (χ3v) is 7.15. The van der Waals surface area contributed by atoms with Crippen LogP contribution in [0.4, 0.5) is 4.39 Å². The minimum Gasteiger partial charge on any atom is -0.387 e. The molecule has 0 radical (unpaired) electrons. The first-order chi connectivity index (χ1) is 15.3. The quantitative estimate of drug-likeness (QED) is 0.273. The number of aliphatic hydroxyl groups excluding tert-OH is 1. The van der Waals surface area contributed by atoms with Gasteiger partial charge in [0, 0.05) is 17.0 Å². The van der Waals surface area contributed by atoms with E-state index in [1.165, 1.54) is 12.3 Å². The van der Waals surface area contributed by atoms with Crippen molar-refractivity contribution in [3.05, 3.63) is 87.8 Å². The van der Waals surface area contributed by atoms with Gasteiger partial charge in [-0.3, -0.25) is 13.7 Å². The van der Waals surface area contributed by atoms with Gasteiger partial charge in [-0.25, -0.2) is 13.9 Å². The van der Waals surface area contributed by atoms with E-state index in [0.29, 0.717) is 17.7 Å². The van der Waals surface area contributed by atoms with E-state index >= 15 is 0 Å². The van der Waals surface area contributed by atoms with Crippen molar-refractivity contribution in [1.29, 1.82) is 0 Å². The molecule has 10 heteroatoms. The Hall–Kier alpha value is -2.68. The van der Waals surface area contributed by atoms with Crippen molar-refractivity contribution in [2.45, 2.75) is 26.1 Å². The standard InChI is InChI=1S/C22H20FN2O5PS/c1-2-20(26)18-13-32-22(24-18)21(27)17-11-25(19-9-8-15(23)10-16(17)19)31(28,29)30-12-14-6-4-3-5-7-14/h3-11,13,20,26H,2,12H2,1H3,(H,28,29)/t20-/m1/s1. The fraction of sp³-hybridized carbons (Fsp3) is 0.182. The van der Waals surface area contributed by atoms with Crippen LogP contribution in [0.3, 0.4) is 0 Å². The average molecular weight is 474 g/mol. The van der Waals surface area contributed by atoms with Crippen LogP contribution in [0.5, 0.6) is 0 Å². The zero-order valence-corrected chi connectivity index (χ0v) is 18.7. The van der Waals surface area contributed by atoms with Gasteiger partial charge >= 0.3 is 7.75 Å². The van der Waals surface area contributed by atoms with E-state index in [1.54, 1.807) is 36.6 Å². The Morgan fingerprint density at radius 2 is 2.03 bits per heavy atom. The van der Waals surface area contributed by atoms with Crippen LogP contribution in [0.15, 0.2) is 60.1 Å². The highest BCUT2D eigenvalue weighted by Gasteiger charge is 2.29. The first-order valence-corrected chi connectivity index (χ1v) is 12.2. The Morgan fingerprint density at radius 3 is 2.75 bits per heavy atom. The van der Waals surface area contributed by atoms with Crippen molar-refractivity contribution >= 4 is 35.8 Å². The predicted octanol–water partition coefficient (Wildman–Crippen LogP) is 5.08. The second-order valence-electron chi connectivity index (χ2n) is 7.13. The molecule has 0 amide bonds. The number of hydrogen-bond donors (Lipinski definition) is 2.